The molecule has 0 fully saturated rings. The van der Waals surface area contributed by atoms with Crippen molar-refractivity contribution in [2.45, 2.75) is 6.61 Å². The van der Waals surface area contributed by atoms with E-state index in [2.05, 4.69) is 4.98 Å². The first-order chi connectivity index (χ1) is 7.86. The standard InChI is InChI=1S/C13H11NO2.Na.H/c15-13(12-7-4-8-14-9-12)16-10-11-5-2-1-3-6-11;;/h1-9H,10H2;;. The zero-order valence-electron chi connectivity index (χ0n) is 8.67. The molecule has 1 aromatic carbocycles. The van der Waals surface area contributed by atoms with E-state index in [4.69, 9.17) is 4.74 Å². The number of hydrogen-bond acceptors (Lipinski definition) is 3. The van der Waals surface area contributed by atoms with E-state index in [-0.39, 0.29) is 42.1 Å². The quantitative estimate of drug-likeness (QED) is 0.603. The molecule has 1 heterocycles. The van der Waals surface area contributed by atoms with E-state index in [1.54, 1.807) is 18.3 Å². The summed E-state index contributed by atoms with van der Waals surface area (Å²) < 4.78 is 5.14. The van der Waals surface area contributed by atoms with Crippen LogP contribution < -0.4 is 0 Å². The molecular weight excluding hydrogens is 225 g/mol. The van der Waals surface area contributed by atoms with E-state index in [1.165, 1.54) is 6.20 Å². The van der Waals surface area contributed by atoms with Crippen LogP contribution in [0, 0.1) is 0 Å². The molecule has 0 amide bonds. The van der Waals surface area contributed by atoms with E-state index in [9.17, 15) is 4.79 Å². The molecule has 0 saturated heterocycles. The molecule has 0 spiro atoms. The fourth-order valence-corrected chi connectivity index (χ4v) is 1.29. The van der Waals surface area contributed by atoms with Gasteiger partial charge in [-0.15, -0.1) is 0 Å². The minimum absolute atomic E-state index is 0. The van der Waals surface area contributed by atoms with Crippen LogP contribution in [0.1, 0.15) is 15.9 Å². The van der Waals surface area contributed by atoms with Crippen molar-refractivity contribution in [3.05, 3.63) is 66.0 Å². The van der Waals surface area contributed by atoms with Gasteiger partial charge in [-0.2, -0.15) is 0 Å². The van der Waals surface area contributed by atoms with Gasteiger partial charge < -0.3 is 4.74 Å². The molecule has 2 aromatic rings. The third-order valence-corrected chi connectivity index (χ3v) is 2.11. The van der Waals surface area contributed by atoms with Crippen molar-refractivity contribution in [3.63, 3.8) is 0 Å². The van der Waals surface area contributed by atoms with Gasteiger partial charge in [0.1, 0.15) is 6.61 Å². The van der Waals surface area contributed by atoms with E-state index in [1.807, 2.05) is 30.3 Å². The third kappa shape index (κ3) is 4.30. The van der Waals surface area contributed by atoms with E-state index in [0.29, 0.717) is 5.56 Å². The van der Waals surface area contributed by atoms with Gasteiger partial charge in [-0.25, -0.2) is 4.79 Å². The average Bonchev–Trinajstić information content (AvgIpc) is 2.38. The first-order valence-corrected chi connectivity index (χ1v) is 4.97. The van der Waals surface area contributed by atoms with E-state index in [0.717, 1.165) is 5.56 Å². The molecule has 0 aliphatic rings. The first kappa shape index (κ1) is 13.9. The van der Waals surface area contributed by atoms with Gasteiger partial charge in [0.2, 0.25) is 0 Å². The molecule has 0 bridgehead atoms. The molecule has 0 N–H and O–H groups in total. The Bertz CT molecular complexity index is 459. The second-order valence-electron chi connectivity index (χ2n) is 3.30. The Morgan fingerprint density at radius 3 is 2.53 bits per heavy atom. The molecule has 3 nitrogen and oxygen atoms in total. The fraction of sp³-hybridized carbons (Fsp3) is 0.0769. The van der Waals surface area contributed by atoms with Crippen molar-refractivity contribution < 1.29 is 9.53 Å². The maximum atomic E-state index is 11.6. The topological polar surface area (TPSA) is 39.2 Å². The van der Waals surface area contributed by atoms with Gasteiger partial charge in [0.05, 0.1) is 5.56 Å². The van der Waals surface area contributed by atoms with Crippen molar-refractivity contribution in [3.8, 4) is 0 Å². The Labute approximate surface area is 122 Å². The molecular formula is C13H12NNaO2. The molecule has 0 aliphatic carbocycles. The Morgan fingerprint density at radius 2 is 1.88 bits per heavy atom. The Hall–Kier alpha value is -1.16. The zero-order valence-corrected chi connectivity index (χ0v) is 8.67. The van der Waals surface area contributed by atoms with Crippen molar-refractivity contribution in [1.82, 2.24) is 4.98 Å². The summed E-state index contributed by atoms with van der Waals surface area (Å²) in [7, 11) is 0. The van der Waals surface area contributed by atoms with Crippen molar-refractivity contribution in [2.24, 2.45) is 0 Å². The predicted octanol–water partition coefficient (Wildman–Crippen LogP) is 1.79. The normalized spacial score (nSPS) is 9.18. The second-order valence-corrected chi connectivity index (χ2v) is 3.30. The predicted molar refractivity (Wildman–Crippen MR) is 66.9 cm³/mol. The fourth-order valence-electron chi connectivity index (χ4n) is 1.29. The second kappa shape index (κ2) is 7.22. The van der Waals surface area contributed by atoms with Crippen LogP contribution in [-0.4, -0.2) is 40.5 Å². The van der Waals surface area contributed by atoms with Crippen molar-refractivity contribution in [2.75, 3.05) is 0 Å². The number of pyridine rings is 1. The van der Waals surface area contributed by atoms with Crippen molar-refractivity contribution >= 4 is 35.5 Å². The molecule has 0 saturated carbocycles. The van der Waals surface area contributed by atoms with Gasteiger partial charge in [-0.3, -0.25) is 4.98 Å². The van der Waals surface area contributed by atoms with E-state index >= 15 is 0 Å². The molecule has 1 aromatic heterocycles. The van der Waals surface area contributed by atoms with Crippen LogP contribution in [0.2, 0.25) is 0 Å². The summed E-state index contributed by atoms with van der Waals surface area (Å²) in [6, 6.07) is 13.0. The summed E-state index contributed by atoms with van der Waals surface area (Å²) in [6.07, 6.45) is 3.11. The molecule has 2 rings (SSSR count). The molecule has 0 aliphatic heterocycles. The Kier molecular flexibility index (Phi) is 5.91. The summed E-state index contributed by atoms with van der Waals surface area (Å²) in [4.78, 5) is 15.4. The zero-order chi connectivity index (χ0) is 11.2. The van der Waals surface area contributed by atoms with Gasteiger partial charge in [-0.05, 0) is 17.7 Å². The SMILES string of the molecule is O=C(OCc1ccccc1)c1cccnc1.[NaH]. The summed E-state index contributed by atoms with van der Waals surface area (Å²) in [5.41, 5.74) is 1.44. The number of ether oxygens (including phenoxy) is 1. The summed E-state index contributed by atoms with van der Waals surface area (Å²) in [5, 5.41) is 0. The minimum atomic E-state index is -0.350. The third-order valence-electron chi connectivity index (χ3n) is 2.11. The maximum absolute atomic E-state index is 11.6. The van der Waals surface area contributed by atoms with Gasteiger partial charge in [0, 0.05) is 12.4 Å². The van der Waals surface area contributed by atoms with Crippen LogP contribution in [0.4, 0.5) is 0 Å². The summed E-state index contributed by atoms with van der Waals surface area (Å²) in [5.74, 6) is -0.350. The van der Waals surface area contributed by atoms with Gasteiger partial charge >= 0.3 is 35.5 Å². The Balaban J connectivity index is 0.00000144. The number of aromatic nitrogens is 1. The monoisotopic (exact) mass is 237 g/mol. The van der Waals surface area contributed by atoms with Crippen molar-refractivity contribution in [1.29, 1.82) is 0 Å². The van der Waals surface area contributed by atoms with Crippen LogP contribution in [0.25, 0.3) is 0 Å². The molecule has 0 unspecified atom stereocenters. The number of rotatable bonds is 3. The number of nitrogens with zero attached hydrogens (tertiary/aromatic N) is 1. The summed E-state index contributed by atoms with van der Waals surface area (Å²) >= 11 is 0. The van der Waals surface area contributed by atoms with Gasteiger partial charge in [-0.1, -0.05) is 30.3 Å². The van der Waals surface area contributed by atoms with Crippen LogP contribution in [0.5, 0.6) is 0 Å². The number of esters is 1. The van der Waals surface area contributed by atoms with Crippen LogP contribution >= 0.6 is 0 Å². The van der Waals surface area contributed by atoms with Gasteiger partial charge in [0.25, 0.3) is 0 Å². The molecule has 82 valence electrons. The van der Waals surface area contributed by atoms with Crippen LogP contribution in [-0.2, 0) is 11.3 Å². The molecule has 0 atom stereocenters. The number of carbonyl (C=O) groups excluding carboxylic acids is 1. The molecule has 0 radical (unpaired) electrons. The Morgan fingerprint density at radius 1 is 1.12 bits per heavy atom. The summed E-state index contributed by atoms with van der Waals surface area (Å²) in [6.45, 7) is 0.286. The number of hydrogen-bond donors (Lipinski definition) is 0. The number of benzene rings is 1. The first-order valence-electron chi connectivity index (χ1n) is 4.97. The average molecular weight is 237 g/mol. The van der Waals surface area contributed by atoms with Crippen LogP contribution in [0.15, 0.2) is 54.9 Å². The number of carbonyl (C=O) groups is 1. The molecule has 17 heavy (non-hydrogen) atoms. The van der Waals surface area contributed by atoms with E-state index < -0.39 is 0 Å². The molecule has 4 heteroatoms. The van der Waals surface area contributed by atoms with Crippen LogP contribution in [0.3, 0.4) is 0 Å². The van der Waals surface area contributed by atoms with Gasteiger partial charge in [0.15, 0.2) is 0 Å².